The van der Waals surface area contributed by atoms with Crippen LogP contribution in [0.3, 0.4) is 0 Å². The van der Waals surface area contributed by atoms with Crippen LogP contribution in [0, 0.1) is 0 Å². The van der Waals surface area contributed by atoms with Gasteiger partial charge in [-0.1, -0.05) is 11.3 Å². The zero-order valence-corrected chi connectivity index (χ0v) is 10.9. The van der Waals surface area contributed by atoms with Gasteiger partial charge >= 0.3 is 4.87 Å². The van der Waals surface area contributed by atoms with E-state index in [4.69, 9.17) is 0 Å². The summed E-state index contributed by atoms with van der Waals surface area (Å²) in [7, 11) is 0. The molecule has 3 rings (SSSR count). The lowest BCUT2D eigenvalue weighted by atomic mass is 10.1. The Hall–Kier alpha value is -1.93. The molecular formula is C11H13N5O2S. The molecule has 0 fully saturated rings. The summed E-state index contributed by atoms with van der Waals surface area (Å²) in [5.74, 6) is -0.228. The number of carbonyl (C=O) groups excluding carboxylic acids is 1. The molecule has 3 heterocycles. The van der Waals surface area contributed by atoms with Gasteiger partial charge in [0, 0.05) is 41.8 Å². The summed E-state index contributed by atoms with van der Waals surface area (Å²) in [4.78, 5) is 25.6. The van der Waals surface area contributed by atoms with Crippen LogP contribution in [-0.4, -0.2) is 27.6 Å². The molecule has 19 heavy (non-hydrogen) atoms. The van der Waals surface area contributed by atoms with Gasteiger partial charge in [0.05, 0.1) is 6.54 Å². The molecule has 4 N–H and O–H groups in total. The molecule has 0 bridgehead atoms. The Morgan fingerprint density at radius 1 is 1.53 bits per heavy atom. The topological polar surface area (TPSA) is 103 Å². The van der Waals surface area contributed by atoms with Gasteiger partial charge < -0.3 is 15.6 Å². The number of amides is 1. The van der Waals surface area contributed by atoms with Crippen molar-refractivity contribution in [1.29, 1.82) is 0 Å². The predicted octanol–water partition coefficient (Wildman–Crippen LogP) is -0.265. The lowest BCUT2D eigenvalue weighted by Gasteiger charge is -2.12. The second-order valence-electron chi connectivity index (χ2n) is 4.31. The molecule has 8 heteroatoms. The molecule has 0 saturated carbocycles. The zero-order valence-electron chi connectivity index (χ0n) is 10.1. The molecule has 0 aliphatic carbocycles. The smallest absolute Gasteiger partial charge is 0.304 e. The minimum atomic E-state index is -0.228. The first-order valence-corrected chi connectivity index (χ1v) is 6.83. The normalized spacial score (nSPS) is 14.1. The zero-order chi connectivity index (χ0) is 13.2. The minimum absolute atomic E-state index is 0.120. The maximum atomic E-state index is 12.0. The molecule has 0 unspecified atom stereocenters. The standard InChI is InChI=1S/C11H13N5O2S/c17-10(13-3-6-5-19-11(18)14-6)9-7-4-12-2-1-8(7)15-16-9/h5,12H,1-4H2,(H,13,17)(H,14,18)(H,15,16). The van der Waals surface area contributed by atoms with Crippen LogP contribution in [-0.2, 0) is 19.5 Å². The van der Waals surface area contributed by atoms with Gasteiger partial charge in [0.2, 0.25) is 0 Å². The number of rotatable bonds is 3. The highest BCUT2D eigenvalue weighted by Crippen LogP contribution is 2.15. The van der Waals surface area contributed by atoms with Crippen LogP contribution in [0.25, 0.3) is 0 Å². The first-order chi connectivity index (χ1) is 9.24. The average Bonchev–Trinajstić information content (AvgIpc) is 3.02. The van der Waals surface area contributed by atoms with E-state index in [2.05, 4.69) is 25.8 Å². The monoisotopic (exact) mass is 279 g/mol. The average molecular weight is 279 g/mol. The molecule has 100 valence electrons. The number of nitrogens with one attached hydrogen (secondary N) is 4. The van der Waals surface area contributed by atoms with Crippen LogP contribution in [0.5, 0.6) is 0 Å². The lowest BCUT2D eigenvalue weighted by Crippen LogP contribution is -2.28. The Kier molecular flexibility index (Phi) is 3.18. The van der Waals surface area contributed by atoms with E-state index in [1.54, 1.807) is 5.38 Å². The molecule has 0 atom stereocenters. The van der Waals surface area contributed by atoms with E-state index in [1.165, 1.54) is 0 Å². The van der Waals surface area contributed by atoms with Crippen molar-refractivity contribution in [2.45, 2.75) is 19.5 Å². The summed E-state index contributed by atoms with van der Waals surface area (Å²) in [6, 6.07) is 0. The van der Waals surface area contributed by atoms with Crippen LogP contribution < -0.4 is 15.5 Å². The highest BCUT2D eigenvalue weighted by atomic mass is 32.1. The highest BCUT2D eigenvalue weighted by Gasteiger charge is 2.21. The number of aromatic nitrogens is 3. The van der Waals surface area contributed by atoms with Gasteiger partial charge in [0.15, 0.2) is 5.69 Å². The number of hydrogen-bond donors (Lipinski definition) is 4. The fraction of sp³-hybridized carbons (Fsp3) is 0.364. The van der Waals surface area contributed by atoms with E-state index in [9.17, 15) is 9.59 Å². The van der Waals surface area contributed by atoms with Crippen molar-refractivity contribution in [3.63, 3.8) is 0 Å². The molecule has 7 nitrogen and oxygen atoms in total. The van der Waals surface area contributed by atoms with Gasteiger partial charge in [-0.15, -0.1) is 0 Å². The Bertz CT molecular complexity index is 656. The van der Waals surface area contributed by atoms with Crippen molar-refractivity contribution in [2.24, 2.45) is 0 Å². The molecule has 1 aliphatic rings. The third-order valence-electron chi connectivity index (χ3n) is 3.03. The largest absolute Gasteiger partial charge is 0.345 e. The van der Waals surface area contributed by atoms with E-state index >= 15 is 0 Å². The highest BCUT2D eigenvalue weighted by molar-refractivity contribution is 7.07. The number of hydrogen-bond acceptors (Lipinski definition) is 5. The third-order valence-corrected chi connectivity index (χ3v) is 3.75. The number of fused-ring (bicyclic) bond motifs is 1. The minimum Gasteiger partial charge on any atom is -0.345 e. The Balaban J connectivity index is 1.70. The summed E-state index contributed by atoms with van der Waals surface area (Å²) in [6.07, 6.45) is 0.855. The van der Waals surface area contributed by atoms with E-state index in [1.807, 2.05) is 0 Å². The van der Waals surface area contributed by atoms with Crippen LogP contribution >= 0.6 is 11.3 Å². The van der Waals surface area contributed by atoms with Crippen molar-refractivity contribution in [1.82, 2.24) is 25.8 Å². The first kappa shape index (κ1) is 12.1. The van der Waals surface area contributed by atoms with Crippen LogP contribution in [0.1, 0.15) is 27.4 Å². The fourth-order valence-corrected chi connectivity index (χ4v) is 2.65. The van der Waals surface area contributed by atoms with E-state index in [-0.39, 0.29) is 10.8 Å². The molecule has 0 saturated heterocycles. The van der Waals surface area contributed by atoms with Crippen molar-refractivity contribution in [2.75, 3.05) is 6.54 Å². The second-order valence-corrected chi connectivity index (χ2v) is 5.15. The molecule has 0 spiro atoms. The SMILES string of the molecule is O=C(NCc1csc(=O)[nH]1)c1n[nH]c2c1CNCC2. The summed E-state index contributed by atoms with van der Waals surface area (Å²) < 4.78 is 0. The van der Waals surface area contributed by atoms with Gasteiger partial charge in [-0.25, -0.2) is 0 Å². The second kappa shape index (κ2) is 4.98. The molecule has 0 radical (unpaired) electrons. The number of nitrogens with zero attached hydrogens (tertiary/aromatic N) is 1. The van der Waals surface area contributed by atoms with Gasteiger partial charge in [-0.3, -0.25) is 14.7 Å². The Morgan fingerprint density at radius 3 is 3.21 bits per heavy atom. The molecule has 2 aromatic rings. The van der Waals surface area contributed by atoms with Crippen molar-refractivity contribution < 1.29 is 4.79 Å². The lowest BCUT2D eigenvalue weighted by molar-refractivity contribution is 0.0944. The Morgan fingerprint density at radius 2 is 2.42 bits per heavy atom. The summed E-state index contributed by atoms with van der Waals surface area (Å²) in [5, 5.41) is 14.6. The van der Waals surface area contributed by atoms with Gasteiger partial charge in [0.25, 0.3) is 5.91 Å². The number of carbonyl (C=O) groups is 1. The van der Waals surface area contributed by atoms with E-state index in [0.29, 0.717) is 24.5 Å². The van der Waals surface area contributed by atoms with Crippen molar-refractivity contribution in [3.8, 4) is 0 Å². The van der Waals surface area contributed by atoms with Crippen molar-refractivity contribution >= 4 is 17.2 Å². The predicted molar refractivity (Wildman–Crippen MR) is 70.1 cm³/mol. The number of aromatic amines is 2. The van der Waals surface area contributed by atoms with Crippen molar-refractivity contribution in [3.05, 3.63) is 37.7 Å². The van der Waals surface area contributed by atoms with E-state index in [0.717, 1.165) is 35.6 Å². The van der Waals surface area contributed by atoms with Crippen LogP contribution in [0.15, 0.2) is 10.2 Å². The summed E-state index contributed by atoms with van der Waals surface area (Å²) in [5.41, 5.74) is 3.08. The first-order valence-electron chi connectivity index (χ1n) is 5.96. The van der Waals surface area contributed by atoms with E-state index < -0.39 is 0 Å². The quantitative estimate of drug-likeness (QED) is 0.621. The summed E-state index contributed by atoms with van der Waals surface area (Å²) >= 11 is 1.08. The fourth-order valence-electron chi connectivity index (χ4n) is 2.07. The summed E-state index contributed by atoms with van der Waals surface area (Å²) in [6.45, 7) is 1.85. The van der Waals surface area contributed by atoms with Gasteiger partial charge in [0.1, 0.15) is 0 Å². The molecule has 2 aromatic heterocycles. The number of H-pyrrole nitrogens is 2. The maximum Gasteiger partial charge on any atom is 0.304 e. The Labute approximate surface area is 112 Å². The molecular weight excluding hydrogens is 266 g/mol. The number of thiazole rings is 1. The third kappa shape index (κ3) is 2.45. The maximum absolute atomic E-state index is 12.0. The molecule has 1 amide bonds. The van der Waals surface area contributed by atoms with Gasteiger partial charge in [-0.05, 0) is 0 Å². The molecule has 0 aromatic carbocycles. The van der Waals surface area contributed by atoms with Gasteiger partial charge in [-0.2, -0.15) is 5.10 Å². The van der Waals surface area contributed by atoms with Crippen LogP contribution in [0.2, 0.25) is 0 Å². The molecule has 1 aliphatic heterocycles. The van der Waals surface area contributed by atoms with Crippen LogP contribution in [0.4, 0.5) is 0 Å².